The van der Waals surface area contributed by atoms with E-state index in [9.17, 15) is 0 Å². The van der Waals surface area contributed by atoms with Gasteiger partial charge in [-0.15, -0.1) is 6.42 Å². The molecule has 0 aromatic heterocycles. The molecule has 1 fully saturated rings. The van der Waals surface area contributed by atoms with Crippen LogP contribution in [0.3, 0.4) is 0 Å². The van der Waals surface area contributed by atoms with E-state index in [1.807, 2.05) is 0 Å². The van der Waals surface area contributed by atoms with Gasteiger partial charge in [-0.05, 0) is 19.3 Å². The molecule has 0 saturated carbocycles. The zero-order valence-corrected chi connectivity index (χ0v) is 7.74. The van der Waals surface area contributed by atoms with Crippen molar-refractivity contribution in [1.82, 2.24) is 0 Å². The van der Waals surface area contributed by atoms with Gasteiger partial charge in [0.25, 0.3) is 0 Å². The first kappa shape index (κ1) is 10.5. The molecule has 1 aliphatic rings. The SMILES string of the molecule is C#C[C@H](O)CCOC1CCCCO1. The van der Waals surface area contributed by atoms with Gasteiger partial charge in [0.15, 0.2) is 6.29 Å². The van der Waals surface area contributed by atoms with Gasteiger partial charge in [-0.1, -0.05) is 5.92 Å². The van der Waals surface area contributed by atoms with Crippen LogP contribution in [0.4, 0.5) is 0 Å². The van der Waals surface area contributed by atoms with Crippen molar-refractivity contribution in [1.29, 1.82) is 0 Å². The Balaban J connectivity index is 2.02. The van der Waals surface area contributed by atoms with Crippen molar-refractivity contribution in [3.8, 4) is 12.3 Å². The Bertz CT molecular complexity index is 167. The van der Waals surface area contributed by atoms with E-state index in [2.05, 4.69) is 5.92 Å². The Morgan fingerprint density at radius 1 is 1.62 bits per heavy atom. The number of aliphatic hydroxyl groups is 1. The topological polar surface area (TPSA) is 38.7 Å². The molecule has 1 N–H and O–H groups in total. The highest BCUT2D eigenvalue weighted by molar-refractivity contribution is 4.92. The fourth-order valence-corrected chi connectivity index (χ4v) is 1.24. The molecule has 74 valence electrons. The standard InChI is InChI=1S/C10H16O3/c1-2-9(11)6-8-13-10-5-3-4-7-12-10/h1,9-11H,3-8H2/t9-,10?/m0/s1. The molecule has 1 rings (SSSR count). The summed E-state index contributed by atoms with van der Waals surface area (Å²) >= 11 is 0. The van der Waals surface area contributed by atoms with E-state index >= 15 is 0 Å². The molecule has 3 nitrogen and oxygen atoms in total. The maximum Gasteiger partial charge on any atom is 0.157 e. The van der Waals surface area contributed by atoms with Crippen molar-refractivity contribution in [2.75, 3.05) is 13.2 Å². The van der Waals surface area contributed by atoms with E-state index in [0.29, 0.717) is 13.0 Å². The Morgan fingerprint density at radius 3 is 3.08 bits per heavy atom. The number of hydrogen-bond donors (Lipinski definition) is 1. The smallest absolute Gasteiger partial charge is 0.157 e. The van der Waals surface area contributed by atoms with Crippen LogP contribution in [0.5, 0.6) is 0 Å². The molecule has 1 unspecified atom stereocenters. The quantitative estimate of drug-likeness (QED) is 0.660. The lowest BCUT2D eigenvalue weighted by Gasteiger charge is -2.22. The highest BCUT2D eigenvalue weighted by Gasteiger charge is 2.13. The summed E-state index contributed by atoms with van der Waals surface area (Å²) in [6.45, 7) is 1.25. The van der Waals surface area contributed by atoms with Crippen LogP contribution in [0.1, 0.15) is 25.7 Å². The van der Waals surface area contributed by atoms with Crippen molar-refractivity contribution in [2.45, 2.75) is 38.1 Å². The van der Waals surface area contributed by atoms with E-state index in [-0.39, 0.29) is 6.29 Å². The molecule has 1 aliphatic heterocycles. The van der Waals surface area contributed by atoms with Crippen LogP contribution in [0, 0.1) is 12.3 Å². The summed E-state index contributed by atoms with van der Waals surface area (Å²) in [6, 6.07) is 0. The minimum absolute atomic E-state index is 0.0845. The van der Waals surface area contributed by atoms with Crippen LogP contribution in [0.2, 0.25) is 0 Å². The van der Waals surface area contributed by atoms with Crippen LogP contribution < -0.4 is 0 Å². The third-order valence-corrected chi connectivity index (χ3v) is 2.03. The lowest BCUT2D eigenvalue weighted by Crippen LogP contribution is -2.23. The molecule has 0 amide bonds. The third-order valence-electron chi connectivity index (χ3n) is 2.03. The largest absolute Gasteiger partial charge is 0.380 e. The summed E-state index contributed by atoms with van der Waals surface area (Å²) < 4.78 is 10.7. The second-order valence-electron chi connectivity index (χ2n) is 3.14. The fraction of sp³-hybridized carbons (Fsp3) is 0.800. The van der Waals surface area contributed by atoms with Crippen LogP contribution in [0.15, 0.2) is 0 Å². The lowest BCUT2D eigenvalue weighted by molar-refractivity contribution is -0.164. The fourth-order valence-electron chi connectivity index (χ4n) is 1.24. The zero-order valence-electron chi connectivity index (χ0n) is 7.74. The first-order valence-electron chi connectivity index (χ1n) is 4.70. The highest BCUT2D eigenvalue weighted by atomic mass is 16.7. The minimum atomic E-state index is -0.691. The molecule has 0 aliphatic carbocycles. The van der Waals surface area contributed by atoms with Gasteiger partial charge in [0, 0.05) is 13.0 Å². The first-order valence-corrected chi connectivity index (χ1v) is 4.70. The summed E-state index contributed by atoms with van der Waals surface area (Å²) in [6.07, 6.45) is 7.93. The van der Waals surface area contributed by atoms with E-state index in [0.717, 1.165) is 25.9 Å². The third kappa shape index (κ3) is 4.28. The molecule has 1 heterocycles. The predicted octanol–water partition coefficient (Wildman–Crippen LogP) is 0.914. The van der Waals surface area contributed by atoms with Gasteiger partial charge in [-0.25, -0.2) is 0 Å². The highest BCUT2D eigenvalue weighted by Crippen LogP contribution is 2.13. The van der Waals surface area contributed by atoms with E-state index in [4.69, 9.17) is 21.0 Å². The molecule has 1 saturated heterocycles. The zero-order chi connectivity index (χ0) is 9.52. The maximum atomic E-state index is 9.03. The molecule has 3 heteroatoms. The Hall–Kier alpha value is -0.560. The van der Waals surface area contributed by atoms with Crippen molar-refractivity contribution in [3.05, 3.63) is 0 Å². The van der Waals surface area contributed by atoms with Crippen LogP contribution >= 0.6 is 0 Å². The van der Waals surface area contributed by atoms with Crippen molar-refractivity contribution in [3.63, 3.8) is 0 Å². The van der Waals surface area contributed by atoms with Crippen molar-refractivity contribution >= 4 is 0 Å². The molecular weight excluding hydrogens is 168 g/mol. The second kappa shape index (κ2) is 5.98. The van der Waals surface area contributed by atoms with Gasteiger partial charge in [0.2, 0.25) is 0 Å². The molecule has 2 atom stereocenters. The summed E-state index contributed by atoms with van der Waals surface area (Å²) in [7, 11) is 0. The lowest BCUT2D eigenvalue weighted by atomic mass is 10.2. The maximum absolute atomic E-state index is 9.03. The number of rotatable bonds is 4. The van der Waals surface area contributed by atoms with E-state index < -0.39 is 6.10 Å². The van der Waals surface area contributed by atoms with Crippen molar-refractivity contribution in [2.24, 2.45) is 0 Å². The molecule has 0 spiro atoms. The van der Waals surface area contributed by atoms with Crippen LogP contribution in [0.25, 0.3) is 0 Å². The summed E-state index contributed by atoms with van der Waals surface area (Å²) in [5.41, 5.74) is 0. The van der Waals surface area contributed by atoms with E-state index in [1.165, 1.54) is 0 Å². The number of ether oxygens (including phenoxy) is 2. The predicted molar refractivity (Wildman–Crippen MR) is 49.0 cm³/mol. The van der Waals surface area contributed by atoms with Gasteiger partial charge in [-0.3, -0.25) is 0 Å². The first-order chi connectivity index (χ1) is 6.33. The average Bonchev–Trinajstić information content (AvgIpc) is 2.19. The molecule has 0 bridgehead atoms. The average molecular weight is 184 g/mol. The van der Waals surface area contributed by atoms with Crippen LogP contribution in [-0.2, 0) is 9.47 Å². The van der Waals surface area contributed by atoms with Gasteiger partial charge in [0.05, 0.1) is 6.61 Å². The monoisotopic (exact) mass is 184 g/mol. The van der Waals surface area contributed by atoms with Gasteiger partial charge in [-0.2, -0.15) is 0 Å². The summed E-state index contributed by atoms with van der Waals surface area (Å²) in [5, 5.41) is 9.03. The summed E-state index contributed by atoms with van der Waals surface area (Å²) in [4.78, 5) is 0. The number of hydrogen-bond acceptors (Lipinski definition) is 3. The Labute approximate surface area is 79.0 Å². The van der Waals surface area contributed by atoms with Crippen molar-refractivity contribution < 1.29 is 14.6 Å². The molecule has 13 heavy (non-hydrogen) atoms. The van der Waals surface area contributed by atoms with Crippen LogP contribution in [-0.4, -0.2) is 30.7 Å². The van der Waals surface area contributed by atoms with E-state index in [1.54, 1.807) is 0 Å². The Morgan fingerprint density at radius 2 is 2.46 bits per heavy atom. The van der Waals surface area contributed by atoms with Gasteiger partial charge >= 0.3 is 0 Å². The normalized spacial score (nSPS) is 25.1. The second-order valence-corrected chi connectivity index (χ2v) is 3.14. The molecule has 0 aromatic rings. The molecule has 0 aromatic carbocycles. The number of aliphatic hydroxyl groups excluding tert-OH is 1. The molecule has 0 radical (unpaired) electrons. The number of terminal acetylenes is 1. The summed E-state index contributed by atoms with van der Waals surface area (Å²) in [5.74, 6) is 2.24. The minimum Gasteiger partial charge on any atom is -0.380 e. The Kier molecular flexibility index (Phi) is 4.84. The molecular formula is C10H16O3. The van der Waals surface area contributed by atoms with Gasteiger partial charge in [0.1, 0.15) is 6.10 Å². The van der Waals surface area contributed by atoms with Gasteiger partial charge < -0.3 is 14.6 Å².